The highest BCUT2D eigenvalue weighted by Gasteiger charge is 2.50. The average Bonchev–Trinajstić information content (AvgIpc) is 3.32. The van der Waals surface area contributed by atoms with Crippen molar-refractivity contribution in [1.29, 1.82) is 5.26 Å². The molecule has 1 saturated heterocycles. The van der Waals surface area contributed by atoms with E-state index >= 15 is 0 Å². The standard InChI is InChI=1S/C18H17N5O2/c1-11-8-16(20-23(11)15-5-3-4-13(9-15)10-19)22-17(24)12(2)21(18(22)25)14-6-7-14/h3-5,8-9,12,14H,6-7H2,1-2H3. The van der Waals surface area contributed by atoms with Gasteiger partial charge in [-0.1, -0.05) is 6.07 Å². The lowest BCUT2D eigenvalue weighted by atomic mass is 10.2. The molecule has 25 heavy (non-hydrogen) atoms. The number of carbonyl (C=O) groups excluding carboxylic acids is 2. The topological polar surface area (TPSA) is 82.2 Å². The maximum Gasteiger partial charge on any atom is 0.333 e. The fourth-order valence-corrected chi connectivity index (χ4v) is 3.25. The third kappa shape index (κ3) is 2.38. The molecule has 2 aromatic rings. The van der Waals surface area contributed by atoms with E-state index in [9.17, 15) is 9.59 Å². The predicted molar refractivity (Wildman–Crippen MR) is 90.2 cm³/mol. The number of carbonyl (C=O) groups is 2. The van der Waals surface area contributed by atoms with Gasteiger partial charge < -0.3 is 4.90 Å². The van der Waals surface area contributed by atoms with Crippen molar-refractivity contribution < 1.29 is 9.59 Å². The summed E-state index contributed by atoms with van der Waals surface area (Å²) in [4.78, 5) is 28.1. The van der Waals surface area contributed by atoms with Crippen molar-refractivity contribution in [2.24, 2.45) is 0 Å². The number of benzene rings is 1. The summed E-state index contributed by atoms with van der Waals surface area (Å²) in [5.74, 6) is 0.0807. The fourth-order valence-electron chi connectivity index (χ4n) is 3.25. The minimum absolute atomic E-state index is 0.173. The van der Waals surface area contributed by atoms with Crippen LogP contribution in [0.15, 0.2) is 30.3 Å². The summed E-state index contributed by atoms with van der Waals surface area (Å²) in [5.41, 5.74) is 2.02. The molecule has 7 heteroatoms. The number of nitriles is 1. The van der Waals surface area contributed by atoms with Crippen LogP contribution in [0.25, 0.3) is 5.69 Å². The molecule has 1 atom stereocenters. The summed E-state index contributed by atoms with van der Waals surface area (Å²) in [6.07, 6.45) is 1.90. The zero-order chi connectivity index (χ0) is 17.7. The quantitative estimate of drug-likeness (QED) is 0.806. The summed E-state index contributed by atoms with van der Waals surface area (Å²) < 4.78 is 1.64. The molecule has 2 heterocycles. The summed E-state index contributed by atoms with van der Waals surface area (Å²) in [5, 5.41) is 13.5. The Bertz CT molecular complexity index is 922. The van der Waals surface area contributed by atoms with Crippen molar-refractivity contribution in [2.75, 3.05) is 4.90 Å². The van der Waals surface area contributed by atoms with Gasteiger partial charge in [0.2, 0.25) is 0 Å². The molecule has 0 N–H and O–H groups in total. The number of anilines is 1. The van der Waals surface area contributed by atoms with Crippen molar-refractivity contribution in [2.45, 2.75) is 38.8 Å². The zero-order valence-corrected chi connectivity index (χ0v) is 14.0. The van der Waals surface area contributed by atoms with Crippen LogP contribution in [0.5, 0.6) is 0 Å². The Labute approximate surface area is 145 Å². The van der Waals surface area contributed by atoms with Crippen LogP contribution in [0.2, 0.25) is 0 Å². The monoisotopic (exact) mass is 335 g/mol. The molecule has 1 aromatic carbocycles. The third-order valence-electron chi connectivity index (χ3n) is 4.67. The molecule has 1 aliphatic heterocycles. The first-order chi connectivity index (χ1) is 12.0. The molecule has 1 saturated carbocycles. The second-order valence-electron chi connectivity index (χ2n) is 6.49. The lowest BCUT2D eigenvalue weighted by Crippen LogP contribution is -2.35. The summed E-state index contributed by atoms with van der Waals surface area (Å²) in [6, 6.07) is 10.3. The van der Waals surface area contributed by atoms with Gasteiger partial charge in [-0.25, -0.2) is 14.4 Å². The van der Waals surface area contributed by atoms with E-state index in [0.29, 0.717) is 17.1 Å². The molecule has 1 unspecified atom stereocenters. The highest BCUT2D eigenvalue weighted by atomic mass is 16.2. The summed E-state index contributed by atoms with van der Waals surface area (Å²) >= 11 is 0. The maximum absolute atomic E-state index is 12.7. The average molecular weight is 335 g/mol. The summed E-state index contributed by atoms with van der Waals surface area (Å²) in [7, 11) is 0. The van der Waals surface area contributed by atoms with E-state index in [4.69, 9.17) is 5.26 Å². The van der Waals surface area contributed by atoms with Gasteiger partial charge in [0.25, 0.3) is 5.91 Å². The Hall–Kier alpha value is -3.14. The van der Waals surface area contributed by atoms with Crippen LogP contribution in [0.1, 0.15) is 31.0 Å². The van der Waals surface area contributed by atoms with Gasteiger partial charge >= 0.3 is 6.03 Å². The molecule has 0 bridgehead atoms. The first-order valence-corrected chi connectivity index (χ1v) is 8.24. The Morgan fingerprint density at radius 2 is 2.00 bits per heavy atom. The predicted octanol–water partition coefficient (Wildman–Crippen LogP) is 2.37. The molecular weight excluding hydrogens is 318 g/mol. The van der Waals surface area contributed by atoms with Gasteiger partial charge in [0, 0.05) is 17.8 Å². The lowest BCUT2D eigenvalue weighted by Gasteiger charge is -2.17. The van der Waals surface area contributed by atoms with E-state index in [1.807, 2.05) is 13.0 Å². The second-order valence-corrected chi connectivity index (χ2v) is 6.49. The normalized spacial score (nSPS) is 20.3. The number of amides is 3. The molecule has 126 valence electrons. The van der Waals surface area contributed by atoms with E-state index < -0.39 is 6.04 Å². The molecule has 2 fully saturated rings. The fraction of sp³-hybridized carbons (Fsp3) is 0.333. The molecule has 1 aliphatic carbocycles. The lowest BCUT2D eigenvalue weighted by molar-refractivity contribution is -0.119. The van der Waals surface area contributed by atoms with Crippen LogP contribution in [-0.4, -0.2) is 38.7 Å². The van der Waals surface area contributed by atoms with Crippen LogP contribution < -0.4 is 4.90 Å². The van der Waals surface area contributed by atoms with Crippen molar-refractivity contribution in [3.8, 4) is 11.8 Å². The van der Waals surface area contributed by atoms with E-state index in [1.54, 1.807) is 40.8 Å². The van der Waals surface area contributed by atoms with Crippen LogP contribution in [-0.2, 0) is 4.79 Å². The van der Waals surface area contributed by atoms with Gasteiger partial charge in [-0.05, 0) is 44.9 Å². The van der Waals surface area contributed by atoms with Crippen molar-refractivity contribution in [3.05, 3.63) is 41.6 Å². The maximum atomic E-state index is 12.7. The van der Waals surface area contributed by atoms with Crippen molar-refractivity contribution >= 4 is 17.8 Å². The van der Waals surface area contributed by atoms with Gasteiger partial charge in [-0.2, -0.15) is 5.26 Å². The molecular formula is C18H17N5O2. The number of hydrogen-bond donors (Lipinski definition) is 0. The molecule has 4 rings (SSSR count). The van der Waals surface area contributed by atoms with E-state index in [1.165, 1.54) is 4.90 Å². The van der Waals surface area contributed by atoms with E-state index in [-0.39, 0.29) is 18.0 Å². The second kappa shape index (κ2) is 5.45. The first kappa shape index (κ1) is 15.4. The molecule has 0 spiro atoms. The van der Waals surface area contributed by atoms with Gasteiger partial charge in [-0.3, -0.25) is 4.79 Å². The van der Waals surface area contributed by atoms with Gasteiger partial charge in [-0.15, -0.1) is 5.10 Å². The molecule has 7 nitrogen and oxygen atoms in total. The van der Waals surface area contributed by atoms with Gasteiger partial charge in [0.1, 0.15) is 6.04 Å². The smallest absolute Gasteiger partial charge is 0.309 e. The number of imide groups is 1. The highest BCUT2D eigenvalue weighted by molar-refractivity contribution is 6.20. The summed E-state index contributed by atoms with van der Waals surface area (Å²) in [6.45, 7) is 3.61. The van der Waals surface area contributed by atoms with Crippen molar-refractivity contribution in [3.63, 3.8) is 0 Å². The van der Waals surface area contributed by atoms with Crippen LogP contribution >= 0.6 is 0 Å². The number of aryl methyl sites for hydroxylation is 1. The number of urea groups is 1. The van der Waals surface area contributed by atoms with E-state index in [2.05, 4.69) is 11.2 Å². The molecule has 3 amide bonds. The number of nitrogens with zero attached hydrogens (tertiary/aromatic N) is 5. The molecule has 2 aliphatic rings. The Morgan fingerprint density at radius 3 is 2.68 bits per heavy atom. The Morgan fingerprint density at radius 1 is 1.24 bits per heavy atom. The van der Waals surface area contributed by atoms with Crippen LogP contribution in [0, 0.1) is 18.3 Å². The SMILES string of the molecule is Cc1cc(N2C(=O)C(C)N(C3CC3)C2=O)nn1-c1cccc(C#N)c1. The number of aromatic nitrogens is 2. The van der Waals surface area contributed by atoms with Crippen molar-refractivity contribution in [1.82, 2.24) is 14.7 Å². The minimum Gasteiger partial charge on any atom is -0.309 e. The highest BCUT2D eigenvalue weighted by Crippen LogP contribution is 2.35. The Balaban J connectivity index is 1.72. The largest absolute Gasteiger partial charge is 0.333 e. The zero-order valence-electron chi connectivity index (χ0n) is 14.0. The number of hydrogen-bond acceptors (Lipinski definition) is 4. The van der Waals surface area contributed by atoms with Gasteiger partial charge in [0.15, 0.2) is 5.82 Å². The van der Waals surface area contributed by atoms with E-state index in [0.717, 1.165) is 18.5 Å². The molecule has 1 aromatic heterocycles. The third-order valence-corrected chi connectivity index (χ3v) is 4.67. The van der Waals surface area contributed by atoms with Crippen LogP contribution in [0.4, 0.5) is 10.6 Å². The molecule has 0 radical (unpaired) electrons. The van der Waals surface area contributed by atoms with Gasteiger partial charge in [0.05, 0.1) is 17.3 Å². The Kier molecular flexibility index (Phi) is 3.35. The first-order valence-electron chi connectivity index (χ1n) is 8.24. The van der Waals surface area contributed by atoms with Crippen LogP contribution in [0.3, 0.4) is 0 Å². The number of rotatable bonds is 3. The minimum atomic E-state index is -0.452.